The zero-order valence-electron chi connectivity index (χ0n) is 5.93. The first-order chi connectivity index (χ1) is 5.25. The molecule has 1 aliphatic carbocycles. The summed E-state index contributed by atoms with van der Waals surface area (Å²) in [6.45, 7) is 0. The summed E-state index contributed by atoms with van der Waals surface area (Å²) in [4.78, 5) is 10.1. The Balaban J connectivity index is 0.00000121. The van der Waals surface area contributed by atoms with Crippen LogP contribution in [0.1, 0.15) is 6.42 Å². The molecule has 0 saturated heterocycles. The SMILES string of the molecule is Cl.O=NC1=CC=CCC1=S(=O)=O. The number of hydrogen-bond donors (Lipinski definition) is 0. The lowest BCUT2D eigenvalue weighted by Gasteiger charge is -1.98. The van der Waals surface area contributed by atoms with Crippen LogP contribution in [0.15, 0.2) is 29.1 Å². The first-order valence-corrected chi connectivity index (χ1v) is 3.99. The molecule has 0 radical (unpaired) electrons. The van der Waals surface area contributed by atoms with Gasteiger partial charge in [-0.25, -0.2) is 0 Å². The van der Waals surface area contributed by atoms with E-state index >= 15 is 0 Å². The van der Waals surface area contributed by atoms with Crippen LogP contribution in [0.4, 0.5) is 0 Å². The van der Waals surface area contributed by atoms with Crippen LogP contribution in [0.25, 0.3) is 0 Å². The van der Waals surface area contributed by atoms with E-state index in [1.165, 1.54) is 6.08 Å². The van der Waals surface area contributed by atoms with Crippen LogP contribution in [-0.2, 0) is 10.3 Å². The molecule has 0 fully saturated rings. The maximum atomic E-state index is 10.4. The number of nitroso groups, excluding NO2 is 1. The first kappa shape index (κ1) is 11.1. The van der Waals surface area contributed by atoms with Crippen molar-refractivity contribution in [3.8, 4) is 0 Å². The summed E-state index contributed by atoms with van der Waals surface area (Å²) >= 11 is 0. The maximum Gasteiger partial charge on any atom is 0.219 e. The minimum absolute atomic E-state index is 0. The second-order valence-corrected chi connectivity index (χ2v) is 2.90. The highest BCUT2D eigenvalue weighted by Gasteiger charge is 2.09. The van der Waals surface area contributed by atoms with Crippen LogP contribution in [0.5, 0.6) is 0 Å². The lowest BCUT2D eigenvalue weighted by molar-refractivity contribution is 0.627. The number of halogens is 1. The molecule has 0 amide bonds. The molecule has 6 heteroatoms. The minimum atomic E-state index is -2.33. The average molecular weight is 208 g/mol. The highest BCUT2D eigenvalue weighted by Crippen LogP contribution is 2.08. The molecular weight excluding hydrogens is 202 g/mol. The van der Waals surface area contributed by atoms with Crippen molar-refractivity contribution in [1.82, 2.24) is 0 Å². The maximum absolute atomic E-state index is 10.4. The molecule has 0 aromatic heterocycles. The third-order valence-electron chi connectivity index (χ3n) is 1.28. The van der Waals surface area contributed by atoms with Crippen LogP contribution < -0.4 is 0 Å². The van der Waals surface area contributed by atoms with Gasteiger partial charge in [-0.2, -0.15) is 8.42 Å². The summed E-state index contributed by atoms with van der Waals surface area (Å²) in [6, 6.07) is 0. The van der Waals surface area contributed by atoms with Crippen LogP contribution in [0.3, 0.4) is 0 Å². The van der Waals surface area contributed by atoms with Crippen molar-refractivity contribution < 1.29 is 8.42 Å². The third kappa shape index (κ3) is 2.28. The van der Waals surface area contributed by atoms with Crippen LogP contribution >= 0.6 is 12.4 Å². The van der Waals surface area contributed by atoms with E-state index in [-0.39, 0.29) is 29.4 Å². The summed E-state index contributed by atoms with van der Waals surface area (Å²) in [6.07, 6.45) is 4.89. The second-order valence-electron chi connectivity index (χ2n) is 1.93. The Hall–Kier alpha value is -0.940. The van der Waals surface area contributed by atoms with Gasteiger partial charge in [0.2, 0.25) is 10.3 Å². The van der Waals surface area contributed by atoms with Crippen molar-refractivity contribution in [2.45, 2.75) is 6.42 Å². The van der Waals surface area contributed by atoms with Gasteiger partial charge in [0.1, 0.15) is 10.6 Å². The van der Waals surface area contributed by atoms with Gasteiger partial charge in [0.25, 0.3) is 0 Å². The number of rotatable bonds is 1. The Labute approximate surface area is 76.9 Å². The van der Waals surface area contributed by atoms with E-state index in [9.17, 15) is 13.3 Å². The van der Waals surface area contributed by atoms with Crippen molar-refractivity contribution >= 4 is 27.6 Å². The van der Waals surface area contributed by atoms with E-state index in [1.807, 2.05) is 0 Å². The van der Waals surface area contributed by atoms with Gasteiger partial charge in [0, 0.05) is 6.42 Å². The molecule has 0 bridgehead atoms. The van der Waals surface area contributed by atoms with Crippen LogP contribution in [-0.4, -0.2) is 13.3 Å². The molecule has 0 aromatic rings. The van der Waals surface area contributed by atoms with Gasteiger partial charge in [0.15, 0.2) is 0 Å². The first-order valence-electron chi connectivity index (χ1n) is 2.91. The summed E-state index contributed by atoms with van der Waals surface area (Å²) in [5.74, 6) is 0. The van der Waals surface area contributed by atoms with E-state index in [1.54, 1.807) is 12.2 Å². The van der Waals surface area contributed by atoms with Gasteiger partial charge in [-0.3, -0.25) is 0 Å². The molecule has 12 heavy (non-hydrogen) atoms. The van der Waals surface area contributed by atoms with Gasteiger partial charge in [-0.15, -0.1) is 17.3 Å². The van der Waals surface area contributed by atoms with Crippen molar-refractivity contribution in [1.29, 1.82) is 0 Å². The van der Waals surface area contributed by atoms with Gasteiger partial charge in [-0.1, -0.05) is 12.2 Å². The Bertz CT molecular complexity index is 358. The van der Waals surface area contributed by atoms with E-state index in [0.29, 0.717) is 0 Å². The normalized spacial score (nSPS) is 14.7. The largest absolute Gasteiger partial charge is 0.219 e. The van der Waals surface area contributed by atoms with Crippen molar-refractivity contribution in [3.05, 3.63) is 28.8 Å². The van der Waals surface area contributed by atoms with E-state index in [2.05, 4.69) is 5.18 Å². The molecular formula is C6H6ClNO3S. The topological polar surface area (TPSA) is 63.6 Å². The molecule has 66 valence electrons. The average Bonchev–Trinajstić information content (AvgIpc) is 2.04. The lowest BCUT2D eigenvalue weighted by atomic mass is 10.1. The fourth-order valence-corrected chi connectivity index (χ4v) is 1.27. The number of allylic oxidation sites excluding steroid dienone is 4. The zero-order valence-corrected chi connectivity index (χ0v) is 7.56. The summed E-state index contributed by atoms with van der Waals surface area (Å²) in [5.41, 5.74) is 0.000772. The predicted molar refractivity (Wildman–Crippen MR) is 48.8 cm³/mol. The Morgan fingerprint density at radius 2 is 2.08 bits per heavy atom. The Kier molecular flexibility index (Phi) is 4.46. The molecule has 1 aliphatic rings. The summed E-state index contributed by atoms with van der Waals surface area (Å²) in [7, 11) is -2.33. The molecule has 0 unspecified atom stereocenters. The second kappa shape index (κ2) is 4.84. The highest BCUT2D eigenvalue weighted by molar-refractivity contribution is 7.73. The standard InChI is InChI=1S/C6H5NO3S.ClH/c8-7-5-3-1-2-4-6(5)11(9)10;/h1-3H,4H2;1H. The molecule has 0 aliphatic heterocycles. The van der Waals surface area contributed by atoms with E-state index < -0.39 is 10.3 Å². The summed E-state index contributed by atoms with van der Waals surface area (Å²) < 4.78 is 20.8. The fraction of sp³-hybridized carbons (Fsp3) is 0.167. The molecule has 0 spiro atoms. The zero-order chi connectivity index (χ0) is 8.27. The quantitative estimate of drug-likeness (QED) is 0.477. The van der Waals surface area contributed by atoms with Gasteiger partial charge in [0.05, 0.1) is 0 Å². The number of hydrogen-bond acceptors (Lipinski definition) is 4. The number of nitrogens with zero attached hydrogens (tertiary/aromatic N) is 1. The van der Waals surface area contributed by atoms with Crippen molar-refractivity contribution in [3.63, 3.8) is 0 Å². The monoisotopic (exact) mass is 207 g/mol. The Morgan fingerprint density at radius 3 is 2.50 bits per heavy atom. The molecule has 4 nitrogen and oxygen atoms in total. The molecule has 0 aromatic carbocycles. The predicted octanol–water partition coefficient (Wildman–Crippen LogP) is 1.07. The molecule has 0 atom stereocenters. The molecule has 0 heterocycles. The Morgan fingerprint density at radius 1 is 1.42 bits per heavy atom. The summed E-state index contributed by atoms with van der Waals surface area (Å²) in [5, 5.41) is 2.58. The van der Waals surface area contributed by atoms with Gasteiger partial charge < -0.3 is 0 Å². The minimum Gasteiger partial charge on any atom is -0.184 e. The van der Waals surface area contributed by atoms with Crippen molar-refractivity contribution in [2.24, 2.45) is 5.18 Å². The van der Waals surface area contributed by atoms with E-state index in [4.69, 9.17) is 0 Å². The van der Waals surface area contributed by atoms with E-state index in [0.717, 1.165) is 0 Å². The van der Waals surface area contributed by atoms with Crippen LogP contribution in [0, 0.1) is 4.91 Å². The molecule has 0 N–H and O–H groups in total. The fourth-order valence-electron chi connectivity index (χ4n) is 0.767. The lowest BCUT2D eigenvalue weighted by Crippen LogP contribution is -2.03. The molecule has 0 saturated carbocycles. The molecule has 1 rings (SSSR count). The third-order valence-corrected chi connectivity index (χ3v) is 2.06. The van der Waals surface area contributed by atoms with Gasteiger partial charge >= 0.3 is 0 Å². The highest BCUT2D eigenvalue weighted by atomic mass is 35.5. The van der Waals surface area contributed by atoms with Crippen molar-refractivity contribution in [2.75, 3.05) is 0 Å². The smallest absolute Gasteiger partial charge is 0.184 e. The van der Waals surface area contributed by atoms with Gasteiger partial charge in [-0.05, 0) is 11.3 Å². The van der Waals surface area contributed by atoms with Crippen LogP contribution in [0.2, 0.25) is 0 Å².